The Morgan fingerprint density at radius 2 is 2.21 bits per heavy atom. The van der Waals surface area contributed by atoms with Gasteiger partial charge in [-0.3, -0.25) is 4.79 Å². The van der Waals surface area contributed by atoms with E-state index >= 15 is 0 Å². The molecule has 0 saturated carbocycles. The first kappa shape index (κ1) is 15.0. The Kier molecular flexibility index (Phi) is 3.61. The highest BCUT2D eigenvalue weighted by Gasteiger charge is 2.35. The quantitative estimate of drug-likeness (QED) is 0.723. The summed E-state index contributed by atoms with van der Waals surface area (Å²) >= 11 is 6.17. The summed E-state index contributed by atoms with van der Waals surface area (Å²) in [4.78, 5) is 18.4. The number of carbonyl (C=O) groups excluding carboxylic acids is 1. The second kappa shape index (κ2) is 5.79. The maximum Gasteiger partial charge on any atom is 0.293 e. The van der Waals surface area contributed by atoms with Crippen LogP contribution in [0.3, 0.4) is 0 Å². The number of hydrogen-bond donors (Lipinski definition) is 0. The fourth-order valence-corrected chi connectivity index (χ4v) is 2.96. The van der Waals surface area contributed by atoms with E-state index in [2.05, 4.69) is 10.1 Å². The monoisotopic (exact) mass is 343 g/mol. The average Bonchev–Trinajstić information content (AvgIpc) is 3.28. The number of hydrogen-bond acceptors (Lipinski definition) is 5. The third kappa shape index (κ3) is 2.59. The van der Waals surface area contributed by atoms with Crippen molar-refractivity contribution in [3.63, 3.8) is 0 Å². The van der Waals surface area contributed by atoms with Gasteiger partial charge >= 0.3 is 0 Å². The van der Waals surface area contributed by atoms with Gasteiger partial charge in [0.05, 0.1) is 6.26 Å². The van der Waals surface area contributed by atoms with Crippen molar-refractivity contribution in [2.24, 2.45) is 0 Å². The van der Waals surface area contributed by atoms with E-state index in [9.17, 15) is 4.79 Å². The number of nitrogens with zero attached hydrogens (tertiary/aromatic N) is 3. The summed E-state index contributed by atoms with van der Waals surface area (Å²) in [5.74, 6) is 1.24. The Morgan fingerprint density at radius 1 is 1.33 bits per heavy atom. The summed E-state index contributed by atoms with van der Waals surface area (Å²) in [5.41, 5.74) is 1.76. The largest absolute Gasteiger partial charge is 0.459 e. The molecule has 1 aromatic carbocycles. The number of carbonyl (C=O) groups is 1. The molecule has 122 valence electrons. The lowest BCUT2D eigenvalue weighted by Gasteiger charge is -2.17. The van der Waals surface area contributed by atoms with Gasteiger partial charge in [-0.05, 0) is 36.8 Å². The predicted octanol–water partition coefficient (Wildman–Crippen LogP) is 3.81. The molecule has 7 heteroatoms. The van der Waals surface area contributed by atoms with Gasteiger partial charge in [0.25, 0.3) is 5.89 Å². The van der Waals surface area contributed by atoms with Crippen molar-refractivity contribution in [1.82, 2.24) is 10.1 Å². The summed E-state index contributed by atoms with van der Waals surface area (Å²) in [6.45, 7) is 2.42. The molecular weight excluding hydrogens is 330 g/mol. The zero-order valence-corrected chi connectivity index (χ0v) is 13.7. The van der Waals surface area contributed by atoms with Crippen LogP contribution in [0.25, 0.3) is 11.7 Å². The van der Waals surface area contributed by atoms with E-state index in [1.807, 2.05) is 25.1 Å². The number of benzene rings is 1. The molecule has 24 heavy (non-hydrogen) atoms. The van der Waals surface area contributed by atoms with Crippen molar-refractivity contribution in [3.8, 4) is 11.7 Å². The van der Waals surface area contributed by atoms with E-state index in [0.29, 0.717) is 35.5 Å². The number of furan rings is 1. The number of rotatable bonds is 3. The fourth-order valence-electron chi connectivity index (χ4n) is 2.78. The zero-order valence-electron chi connectivity index (χ0n) is 12.9. The van der Waals surface area contributed by atoms with Gasteiger partial charge in [-0.1, -0.05) is 22.8 Å². The van der Waals surface area contributed by atoms with Gasteiger partial charge in [0.2, 0.25) is 5.91 Å². The Bertz CT molecular complexity index is 888. The van der Waals surface area contributed by atoms with Crippen LogP contribution < -0.4 is 4.90 Å². The first-order valence-electron chi connectivity index (χ1n) is 7.56. The number of amides is 1. The average molecular weight is 344 g/mol. The Labute approximate surface area is 143 Å². The second-order valence-electron chi connectivity index (χ2n) is 5.77. The minimum absolute atomic E-state index is 0.0178. The van der Waals surface area contributed by atoms with Crippen LogP contribution in [-0.2, 0) is 4.79 Å². The minimum Gasteiger partial charge on any atom is -0.459 e. The molecule has 1 fully saturated rings. The van der Waals surface area contributed by atoms with Crippen LogP contribution in [0.15, 0.2) is 45.5 Å². The standard InChI is InChI=1S/C17H14ClN3O3/c1-10-4-5-12(8-13(10)18)21-9-11(7-15(21)22)16-19-17(24-20-16)14-3-2-6-23-14/h2-6,8,11H,7,9H2,1H3. The maximum atomic E-state index is 12.4. The van der Waals surface area contributed by atoms with Crippen LogP contribution in [0, 0.1) is 6.92 Å². The summed E-state index contributed by atoms with van der Waals surface area (Å²) in [6.07, 6.45) is 1.88. The van der Waals surface area contributed by atoms with E-state index in [-0.39, 0.29) is 11.8 Å². The van der Waals surface area contributed by atoms with Gasteiger partial charge < -0.3 is 13.8 Å². The molecule has 0 spiro atoms. The topological polar surface area (TPSA) is 72.4 Å². The highest BCUT2D eigenvalue weighted by molar-refractivity contribution is 6.31. The molecule has 1 aliphatic rings. The summed E-state index contributed by atoms with van der Waals surface area (Å²) in [6, 6.07) is 9.11. The van der Waals surface area contributed by atoms with Gasteiger partial charge in [-0.15, -0.1) is 0 Å². The molecular formula is C17H14ClN3O3. The lowest BCUT2D eigenvalue weighted by atomic mass is 10.1. The third-order valence-corrected chi connectivity index (χ3v) is 4.54. The predicted molar refractivity (Wildman–Crippen MR) is 87.9 cm³/mol. The molecule has 3 heterocycles. The van der Waals surface area contributed by atoms with E-state index in [4.69, 9.17) is 20.5 Å². The van der Waals surface area contributed by atoms with Crippen LogP contribution in [-0.4, -0.2) is 22.6 Å². The molecule has 0 N–H and O–H groups in total. The number of anilines is 1. The van der Waals surface area contributed by atoms with Crippen LogP contribution in [0.2, 0.25) is 5.02 Å². The summed E-state index contributed by atoms with van der Waals surface area (Å²) < 4.78 is 10.5. The minimum atomic E-state index is -0.120. The molecule has 3 aromatic rings. The second-order valence-corrected chi connectivity index (χ2v) is 6.18. The Hall–Kier alpha value is -2.60. The van der Waals surface area contributed by atoms with E-state index in [0.717, 1.165) is 11.3 Å². The van der Waals surface area contributed by atoms with Gasteiger partial charge in [0.15, 0.2) is 11.6 Å². The van der Waals surface area contributed by atoms with Gasteiger partial charge in [0.1, 0.15) is 0 Å². The first-order chi connectivity index (χ1) is 11.6. The highest BCUT2D eigenvalue weighted by Crippen LogP contribution is 2.33. The normalized spacial score (nSPS) is 17.7. The Morgan fingerprint density at radius 3 is 2.96 bits per heavy atom. The van der Waals surface area contributed by atoms with Crippen LogP contribution >= 0.6 is 11.6 Å². The zero-order chi connectivity index (χ0) is 16.7. The van der Waals surface area contributed by atoms with Crippen molar-refractivity contribution >= 4 is 23.2 Å². The van der Waals surface area contributed by atoms with Crippen LogP contribution in [0.4, 0.5) is 5.69 Å². The highest BCUT2D eigenvalue weighted by atomic mass is 35.5. The molecule has 1 saturated heterocycles. The number of aryl methyl sites for hydroxylation is 1. The van der Waals surface area contributed by atoms with Crippen LogP contribution in [0.1, 0.15) is 23.7 Å². The van der Waals surface area contributed by atoms with Crippen molar-refractivity contribution in [2.45, 2.75) is 19.3 Å². The van der Waals surface area contributed by atoms with E-state index < -0.39 is 0 Å². The molecule has 1 aliphatic heterocycles. The molecule has 2 aromatic heterocycles. The van der Waals surface area contributed by atoms with Crippen molar-refractivity contribution in [2.75, 3.05) is 11.4 Å². The van der Waals surface area contributed by atoms with Crippen LogP contribution in [0.5, 0.6) is 0 Å². The molecule has 0 bridgehead atoms. The number of aromatic nitrogens is 2. The SMILES string of the molecule is Cc1ccc(N2CC(c3noc(-c4ccco4)n3)CC2=O)cc1Cl. The number of halogens is 1. The molecule has 6 nitrogen and oxygen atoms in total. The van der Waals surface area contributed by atoms with Crippen molar-refractivity contribution < 1.29 is 13.7 Å². The van der Waals surface area contributed by atoms with Gasteiger partial charge in [-0.2, -0.15) is 4.98 Å². The molecule has 0 radical (unpaired) electrons. The third-order valence-electron chi connectivity index (χ3n) is 4.13. The van der Waals surface area contributed by atoms with Crippen molar-refractivity contribution in [3.05, 3.63) is 53.0 Å². The molecule has 1 atom stereocenters. The van der Waals surface area contributed by atoms with Gasteiger partial charge in [-0.25, -0.2) is 0 Å². The van der Waals surface area contributed by atoms with Crippen molar-refractivity contribution in [1.29, 1.82) is 0 Å². The molecule has 0 aliphatic carbocycles. The van der Waals surface area contributed by atoms with Gasteiger partial charge in [0, 0.05) is 29.6 Å². The first-order valence-corrected chi connectivity index (χ1v) is 7.93. The van der Waals surface area contributed by atoms with E-state index in [1.54, 1.807) is 23.3 Å². The molecule has 1 amide bonds. The fraction of sp³-hybridized carbons (Fsp3) is 0.235. The summed E-state index contributed by atoms with van der Waals surface area (Å²) in [7, 11) is 0. The smallest absolute Gasteiger partial charge is 0.293 e. The van der Waals surface area contributed by atoms with E-state index in [1.165, 1.54) is 0 Å². The maximum absolute atomic E-state index is 12.4. The lowest BCUT2D eigenvalue weighted by Crippen LogP contribution is -2.24. The molecule has 4 rings (SSSR count). The molecule has 1 unspecified atom stereocenters. The lowest BCUT2D eigenvalue weighted by molar-refractivity contribution is -0.117. The Balaban J connectivity index is 1.56. The summed E-state index contributed by atoms with van der Waals surface area (Å²) in [5, 5.41) is 4.64.